The van der Waals surface area contributed by atoms with Gasteiger partial charge in [0, 0.05) is 18.3 Å². The topological polar surface area (TPSA) is 104 Å². The van der Waals surface area contributed by atoms with Crippen molar-refractivity contribution >= 4 is 11.4 Å². The van der Waals surface area contributed by atoms with E-state index in [-0.39, 0.29) is 12.1 Å². The number of nitro benzene ring substituents is 2. The normalized spacial score (nSPS) is 11.5. The number of aryl methyl sites for hydroxylation is 1. The van der Waals surface area contributed by atoms with E-state index in [4.69, 9.17) is 0 Å². The van der Waals surface area contributed by atoms with Gasteiger partial charge in [0.05, 0.1) is 21.6 Å². The number of hydrogen-bond acceptors (Lipinski definition) is 5. The SMILES string of the molecule is Cc1cnn(-c2c([N+](=O)[O-])cc(C(F)(F)F)cc2[N+](=O)[O-])c1. The summed E-state index contributed by atoms with van der Waals surface area (Å²) in [6.45, 7) is 1.57. The molecule has 0 spiro atoms. The van der Waals surface area contributed by atoms with E-state index < -0.39 is 38.6 Å². The van der Waals surface area contributed by atoms with E-state index in [0.29, 0.717) is 5.56 Å². The van der Waals surface area contributed by atoms with Crippen molar-refractivity contribution in [3.8, 4) is 5.69 Å². The van der Waals surface area contributed by atoms with Gasteiger partial charge >= 0.3 is 17.6 Å². The summed E-state index contributed by atoms with van der Waals surface area (Å²) in [5, 5.41) is 25.8. The Bertz CT molecular complexity index is 734. The summed E-state index contributed by atoms with van der Waals surface area (Å²) in [4.78, 5) is 19.8. The maximum absolute atomic E-state index is 12.7. The van der Waals surface area contributed by atoms with Crippen molar-refractivity contribution in [2.45, 2.75) is 13.1 Å². The molecule has 0 atom stereocenters. The second kappa shape index (κ2) is 5.09. The van der Waals surface area contributed by atoms with E-state index in [1.165, 1.54) is 12.4 Å². The molecule has 0 radical (unpaired) electrons. The van der Waals surface area contributed by atoms with E-state index in [1.54, 1.807) is 6.92 Å². The van der Waals surface area contributed by atoms with Crippen molar-refractivity contribution in [2.75, 3.05) is 0 Å². The van der Waals surface area contributed by atoms with Crippen LogP contribution in [0.3, 0.4) is 0 Å². The molecule has 8 nitrogen and oxygen atoms in total. The monoisotopic (exact) mass is 316 g/mol. The molecule has 0 fully saturated rings. The van der Waals surface area contributed by atoms with Gasteiger partial charge in [-0.3, -0.25) is 20.2 Å². The van der Waals surface area contributed by atoms with Crippen molar-refractivity contribution in [1.29, 1.82) is 0 Å². The zero-order valence-corrected chi connectivity index (χ0v) is 10.9. The predicted molar refractivity (Wildman–Crippen MR) is 66.6 cm³/mol. The highest BCUT2D eigenvalue weighted by atomic mass is 19.4. The molecule has 1 aromatic heterocycles. The first kappa shape index (κ1) is 15.4. The zero-order valence-electron chi connectivity index (χ0n) is 10.9. The zero-order chi connectivity index (χ0) is 16.7. The average molecular weight is 316 g/mol. The lowest BCUT2D eigenvalue weighted by molar-refractivity contribution is -0.394. The van der Waals surface area contributed by atoms with Gasteiger partial charge < -0.3 is 0 Å². The van der Waals surface area contributed by atoms with Crippen LogP contribution in [0.4, 0.5) is 24.5 Å². The van der Waals surface area contributed by atoms with Crippen LogP contribution in [0.5, 0.6) is 0 Å². The van der Waals surface area contributed by atoms with E-state index in [9.17, 15) is 33.4 Å². The Kier molecular flexibility index (Phi) is 3.57. The summed E-state index contributed by atoms with van der Waals surface area (Å²) >= 11 is 0. The van der Waals surface area contributed by atoms with Crippen molar-refractivity contribution in [2.24, 2.45) is 0 Å². The third-order valence-electron chi connectivity index (χ3n) is 2.73. The van der Waals surface area contributed by atoms with Gasteiger partial charge in [0.2, 0.25) is 5.69 Å². The van der Waals surface area contributed by atoms with Crippen molar-refractivity contribution in [3.05, 3.63) is 55.9 Å². The van der Waals surface area contributed by atoms with Crippen LogP contribution in [0.2, 0.25) is 0 Å². The number of aromatic nitrogens is 2. The van der Waals surface area contributed by atoms with Crippen LogP contribution in [0.25, 0.3) is 5.69 Å². The molecular formula is C11H7F3N4O4. The van der Waals surface area contributed by atoms with Gasteiger partial charge in [-0.05, 0) is 12.5 Å². The van der Waals surface area contributed by atoms with Gasteiger partial charge in [-0.15, -0.1) is 0 Å². The Balaban J connectivity index is 2.86. The quantitative estimate of drug-likeness (QED) is 0.639. The lowest BCUT2D eigenvalue weighted by Gasteiger charge is -2.09. The minimum Gasteiger partial charge on any atom is -0.258 e. The summed E-state index contributed by atoms with van der Waals surface area (Å²) in [6, 6.07) is 0.499. The molecule has 0 unspecified atom stereocenters. The minimum atomic E-state index is -4.95. The van der Waals surface area contributed by atoms with E-state index in [2.05, 4.69) is 5.10 Å². The summed E-state index contributed by atoms with van der Waals surface area (Å²) in [7, 11) is 0. The molecule has 1 heterocycles. The number of nitro groups is 2. The first-order valence-electron chi connectivity index (χ1n) is 5.67. The Morgan fingerprint density at radius 2 is 1.64 bits per heavy atom. The second-order valence-electron chi connectivity index (χ2n) is 4.34. The molecule has 0 saturated heterocycles. The number of halogens is 3. The fourth-order valence-electron chi connectivity index (χ4n) is 1.82. The first-order chi connectivity index (χ1) is 10.1. The third kappa shape index (κ3) is 2.73. The second-order valence-corrected chi connectivity index (χ2v) is 4.34. The Labute approximate surface area is 120 Å². The molecule has 2 rings (SSSR count). The van der Waals surface area contributed by atoms with Crippen LogP contribution in [-0.4, -0.2) is 19.6 Å². The smallest absolute Gasteiger partial charge is 0.258 e. The molecule has 0 saturated carbocycles. The summed E-state index contributed by atoms with van der Waals surface area (Å²) in [6.07, 6.45) is -2.44. The van der Waals surface area contributed by atoms with Crippen LogP contribution in [0, 0.1) is 27.2 Å². The number of alkyl halides is 3. The highest BCUT2D eigenvalue weighted by Crippen LogP contribution is 2.39. The van der Waals surface area contributed by atoms with Gasteiger partial charge in [-0.25, -0.2) is 4.68 Å². The molecule has 2 aromatic rings. The molecule has 0 bridgehead atoms. The van der Waals surface area contributed by atoms with Gasteiger partial charge in [-0.1, -0.05) is 0 Å². The van der Waals surface area contributed by atoms with Crippen LogP contribution in [-0.2, 0) is 6.18 Å². The maximum atomic E-state index is 12.7. The van der Waals surface area contributed by atoms with E-state index in [1.807, 2.05) is 0 Å². The summed E-state index contributed by atoms with van der Waals surface area (Å²) < 4.78 is 39.0. The lowest BCUT2D eigenvalue weighted by Crippen LogP contribution is -2.11. The molecule has 0 amide bonds. The maximum Gasteiger partial charge on any atom is 0.416 e. The molecule has 0 aliphatic rings. The Morgan fingerprint density at radius 1 is 1.14 bits per heavy atom. The predicted octanol–water partition coefficient (Wildman–Crippen LogP) is 3.02. The molecule has 0 aliphatic carbocycles. The van der Waals surface area contributed by atoms with Gasteiger partial charge in [0.25, 0.3) is 0 Å². The van der Waals surface area contributed by atoms with Crippen molar-refractivity contribution < 1.29 is 23.0 Å². The highest BCUT2D eigenvalue weighted by Gasteiger charge is 2.38. The molecule has 22 heavy (non-hydrogen) atoms. The number of rotatable bonds is 3. The number of hydrogen-bond donors (Lipinski definition) is 0. The van der Waals surface area contributed by atoms with Crippen LogP contribution in [0.1, 0.15) is 11.1 Å². The fourth-order valence-corrected chi connectivity index (χ4v) is 1.82. The molecule has 0 N–H and O–H groups in total. The van der Waals surface area contributed by atoms with E-state index in [0.717, 1.165) is 4.68 Å². The fraction of sp³-hybridized carbons (Fsp3) is 0.182. The van der Waals surface area contributed by atoms with Gasteiger partial charge in [0.1, 0.15) is 0 Å². The standard InChI is InChI=1S/C11H7F3N4O4/c1-6-4-15-16(5-6)10-8(17(19)20)2-7(11(12,13)14)3-9(10)18(21)22/h2-5H,1H3. The van der Waals surface area contributed by atoms with Gasteiger partial charge in [0.15, 0.2) is 0 Å². The van der Waals surface area contributed by atoms with E-state index >= 15 is 0 Å². The molecule has 1 aromatic carbocycles. The van der Waals surface area contributed by atoms with Crippen molar-refractivity contribution in [1.82, 2.24) is 9.78 Å². The number of nitrogens with zero attached hydrogens (tertiary/aromatic N) is 4. The average Bonchev–Trinajstić information content (AvgIpc) is 2.82. The summed E-state index contributed by atoms with van der Waals surface area (Å²) in [5.74, 6) is 0. The molecule has 0 aliphatic heterocycles. The van der Waals surface area contributed by atoms with Gasteiger partial charge in [-0.2, -0.15) is 18.3 Å². The molecule has 116 valence electrons. The first-order valence-corrected chi connectivity index (χ1v) is 5.67. The van der Waals surface area contributed by atoms with Crippen LogP contribution >= 0.6 is 0 Å². The highest BCUT2D eigenvalue weighted by molar-refractivity contribution is 5.67. The molecule has 11 heteroatoms. The minimum absolute atomic E-state index is 0.249. The Hall–Kier alpha value is -2.98. The van der Waals surface area contributed by atoms with Crippen molar-refractivity contribution in [3.63, 3.8) is 0 Å². The van der Waals surface area contributed by atoms with Crippen LogP contribution < -0.4 is 0 Å². The van der Waals surface area contributed by atoms with Crippen LogP contribution in [0.15, 0.2) is 24.5 Å². The molecular weight excluding hydrogens is 309 g/mol. The number of benzene rings is 1. The Morgan fingerprint density at radius 3 is 1.95 bits per heavy atom. The summed E-state index contributed by atoms with van der Waals surface area (Å²) in [5.41, 5.74) is -3.67. The third-order valence-corrected chi connectivity index (χ3v) is 2.73. The lowest BCUT2D eigenvalue weighted by atomic mass is 10.1. The largest absolute Gasteiger partial charge is 0.416 e.